The Morgan fingerprint density at radius 1 is 1.24 bits per heavy atom. The van der Waals surface area contributed by atoms with Crippen molar-refractivity contribution >= 4 is 0 Å². The highest BCUT2D eigenvalue weighted by Gasteiger charge is 2.25. The third-order valence-electron chi connectivity index (χ3n) is 2.87. The predicted octanol–water partition coefficient (Wildman–Crippen LogP) is 2.76. The summed E-state index contributed by atoms with van der Waals surface area (Å²) in [6.45, 7) is 6.90. The standard InChI is InChI=1S/C14H23NO2/c1-5-17-14(10(2)3)13(15)11-8-6-7-9-12(11)16-4/h6-10,13-14H,5,15H2,1-4H3. The van der Waals surface area contributed by atoms with Gasteiger partial charge in [0.15, 0.2) is 0 Å². The predicted molar refractivity (Wildman–Crippen MR) is 70.2 cm³/mol. The number of hydrogen-bond acceptors (Lipinski definition) is 3. The summed E-state index contributed by atoms with van der Waals surface area (Å²) in [4.78, 5) is 0. The first-order valence-electron chi connectivity index (χ1n) is 6.11. The van der Waals surface area contributed by atoms with Gasteiger partial charge in [-0.05, 0) is 18.9 Å². The molecule has 96 valence electrons. The molecule has 0 aliphatic rings. The molecule has 3 nitrogen and oxygen atoms in total. The number of nitrogens with two attached hydrogens (primary N) is 1. The van der Waals surface area contributed by atoms with Crippen molar-refractivity contribution in [2.75, 3.05) is 13.7 Å². The zero-order valence-corrected chi connectivity index (χ0v) is 11.1. The molecule has 0 fully saturated rings. The summed E-state index contributed by atoms with van der Waals surface area (Å²) < 4.78 is 11.1. The fraction of sp³-hybridized carbons (Fsp3) is 0.571. The minimum atomic E-state index is -0.161. The fourth-order valence-corrected chi connectivity index (χ4v) is 2.02. The van der Waals surface area contributed by atoms with Gasteiger partial charge in [-0.25, -0.2) is 0 Å². The summed E-state index contributed by atoms with van der Waals surface area (Å²) in [5.41, 5.74) is 7.30. The van der Waals surface area contributed by atoms with Crippen LogP contribution in [0.5, 0.6) is 5.75 Å². The second-order valence-corrected chi connectivity index (χ2v) is 4.43. The lowest BCUT2D eigenvalue weighted by atomic mass is 9.93. The minimum absolute atomic E-state index is 0.0105. The van der Waals surface area contributed by atoms with E-state index in [-0.39, 0.29) is 12.1 Å². The third-order valence-corrected chi connectivity index (χ3v) is 2.87. The van der Waals surface area contributed by atoms with Gasteiger partial charge in [0, 0.05) is 12.2 Å². The summed E-state index contributed by atoms with van der Waals surface area (Å²) in [5, 5.41) is 0. The van der Waals surface area contributed by atoms with E-state index in [1.807, 2.05) is 31.2 Å². The van der Waals surface area contributed by atoms with Crippen molar-refractivity contribution in [1.82, 2.24) is 0 Å². The summed E-state index contributed by atoms with van der Waals surface area (Å²) >= 11 is 0. The number of rotatable bonds is 6. The Labute approximate surface area is 104 Å². The highest BCUT2D eigenvalue weighted by Crippen LogP contribution is 2.29. The zero-order chi connectivity index (χ0) is 12.8. The van der Waals surface area contributed by atoms with Gasteiger partial charge in [0.1, 0.15) is 5.75 Å². The molecule has 1 rings (SSSR count). The maximum atomic E-state index is 6.30. The summed E-state index contributed by atoms with van der Waals surface area (Å²) in [7, 11) is 1.66. The van der Waals surface area contributed by atoms with Gasteiger partial charge in [0.05, 0.1) is 19.3 Å². The maximum absolute atomic E-state index is 6.30. The Kier molecular flexibility index (Phi) is 5.45. The number of ether oxygens (including phenoxy) is 2. The summed E-state index contributed by atoms with van der Waals surface area (Å²) in [6.07, 6.45) is 0.0105. The van der Waals surface area contributed by atoms with E-state index in [4.69, 9.17) is 15.2 Å². The smallest absolute Gasteiger partial charge is 0.123 e. The molecule has 0 saturated heterocycles. The van der Waals surface area contributed by atoms with Crippen LogP contribution in [-0.2, 0) is 4.74 Å². The highest BCUT2D eigenvalue weighted by molar-refractivity contribution is 5.36. The largest absolute Gasteiger partial charge is 0.496 e. The number of hydrogen-bond donors (Lipinski definition) is 1. The Balaban J connectivity index is 2.96. The first kappa shape index (κ1) is 14.0. The van der Waals surface area contributed by atoms with Crippen LogP contribution in [0, 0.1) is 5.92 Å². The van der Waals surface area contributed by atoms with E-state index < -0.39 is 0 Å². The van der Waals surface area contributed by atoms with E-state index in [2.05, 4.69) is 13.8 Å². The molecule has 0 aliphatic heterocycles. The van der Waals surface area contributed by atoms with Crippen LogP contribution < -0.4 is 10.5 Å². The molecule has 17 heavy (non-hydrogen) atoms. The maximum Gasteiger partial charge on any atom is 0.123 e. The molecular weight excluding hydrogens is 214 g/mol. The van der Waals surface area contributed by atoms with Crippen LogP contribution in [0.25, 0.3) is 0 Å². The molecular formula is C14H23NO2. The average molecular weight is 237 g/mol. The lowest BCUT2D eigenvalue weighted by Gasteiger charge is -2.28. The van der Waals surface area contributed by atoms with E-state index in [1.54, 1.807) is 7.11 Å². The van der Waals surface area contributed by atoms with E-state index in [1.165, 1.54) is 0 Å². The van der Waals surface area contributed by atoms with Crippen molar-refractivity contribution in [1.29, 1.82) is 0 Å². The van der Waals surface area contributed by atoms with Crippen molar-refractivity contribution in [2.45, 2.75) is 32.9 Å². The quantitative estimate of drug-likeness (QED) is 0.827. The van der Waals surface area contributed by atoms with E-state index in [0.29, 0.717) is 12.5 Å². The van der Waals surface area contributed by atoms with Gasteiger partial charge in [-0.15, -0.1) is 0 Å². The van der Waals surface area contributed by atoms with E-state index in [9.17, 15) is 0 Å². The Bertz CT molecular complexity index is 339. The van der Waals surface area contributed by atoms with Crippen molar-refractivity contribution < 1.29 is 9.47 Å². The SMILES string of the molecule is CCOC(C(C)C)C(N)c1ccccc1OC. The minimum Gasteiger partial charge on any atom is -0.496 e. The van der Waals surface area contributed by atoms with E-state index >= 15 is 0 Å². The average Bonchev–Trinajstić information content (AvgIpc) is 2.34. The van der Waals surface area contributed by atoms with Gasteiger partial charge >= 0.3 is 0 Å². The Hall–Kier alpha value is -1.06. The van der Waals surface area contributed by atoms with Gasteiger partial charge in [-0.1, -0.05) is 32.0 Å². The molecule has 1 aromatic carbocycles. The van der Waals surface area contributed by atoms with Crippen molar-refractivity contribution in [2.24, 2.45) is 11.7 Å². The second kappa shape index (κ2) is 6.62. The van der Waals surface area contributed by atoms with Crippen molar-refractivity contribution in [3.05, 3.63) is 29.8 Å². The first-order chi connectivity index (χ1) is 8.11. The monoisotopic (exact) mass is 237 g/mol. The first-order valence-corrected chi connectivity index (χ1v) is 6.11. The highest BCUT2D eigenvalue weighted by atomic mass is 16.5. The lowest BCUT2D eigenvalue weighted by Crippen LogP contribution is -2.33. The molecule has 1 aromatic rings. The van der Waals surface area contributed by atoms with Crippen molar-refractivity contribution in [3.8, 4) is 5.75 Å². The van der Waals surface area contributed by atoms with Gasteiger partial charge in [-0.3, -0.25) is 0 Å². The van der Waals surface area contributed by atoms with Crippen LogP contribution in [0.2, 0.25) is 0 Å². The molecule has 0 radical (unpaired) electrons. The molecule has 0 heterocycles. The molecule has 0 bridgehead atoms. The molecule has 0 saturated carbocycles. The molecule has 3 heteroatoms. The number of benzene rings is 1. The van der Waals surface area contributed by atoms with Crippen LogP contribution in [0.4, 0.5) is 0 Å². The number of para-hydroxylation sites is 1. The van der Waals surface area contributed by atoms with Crippen LogP contribution in [0.3, 0.4) is 0 Å². The summed E-state index contributed by atoms with van der Waals surface area (Å²) in [6, 6.07) is 7.68. The molecule has 0 aliphatic carbocycles. The Morgan fingerprint density at radius 2 is 1.88 bits per heavy atom. The molecule has 0 amide bonds. The van der Waals surface area contributed by atoms with Gasteiger partial charge in [0.2, 0.25) is 0 Å². The molecule has 2 unspecified atom stereocenters. The second-order valence-electron chi connectivity index (χ2n) is 4.43. The molecule has 2 atom stereocenters. The molecule has 0 spiro atoms. The molecule has 0 aromatic heterocycles. The number of methoxy groups -OCH3 is 1. The van der Waals surface area contributed by atoms with Gasteiger partial charge in [-0.2, -0.15) is 0 Å². The fourth-order valence-electron chi connectivity index (χ4n) is 2.02. The third kappa shape index (κ3) is 3.45. The van der Waals surface area contributed by atoms with Gasteiger partial charge < -0.3 is 15.2 Å². The van der Waals surface area contributed by atoms with Crippen LogP contribution in [0.1, 0.15) is 32.4 Å². The van der Waals surface area contributed by atoms with Gasteiger partial charge in [0.25, 0.3) is 0 Å². The topological polar surface area (TPSA) is 44.5 Å². The zero-order valence-electron chi connectivity index (χ0n) is 11.1. The van der Waals surface area contributed by atoms with Crippen LogP contribution in [-0.4, -0.2) is 19.8 Å². The van der Waals surface area contributed by atoms with Crippen LogP contribution >= 0.6 is 0 Å². The van der Waals surface area contributed by atoms with E-state index in [0.717, 1.165) is 11.3 Å². The van der Waals surface area contributed by atoms with Crippen molar-refractivity contribution in [3.63, 3.8) is 0 Å². The molecule has 2 N–H and O–H groups in total. The Morgan fingerprint density at radius 3 is 2.41 bits per heavy atom. The normalized spacial score (nSPS) is 14.7. The van der Waals surface area contributed by atoms with Crippen LogP contribution in [0.15, 0.2) is 24.3 Å². The summed E-state index contributed by atoms with van der Waals surface area (Å²) in [5.74, 6) is 1.19. The lowest BCUT2D eigenvalue weighted by molar-refractivity contribution is 0.0117.